The van der Waals surface area contributed by atoms with Gasteiger partial charge in [-0.2, -0.15) is 23.5 Å². The lowest BCUT2D eigenvalue weighted by Gasteiger charge is -2.24. The predicted octanol–water partition coefficient (Wildman–Crippen LogP) is 1.02. The molecule has 0 spiro atoms. The molecule has 2 aliphatic heterocycles. The number of carboxylic acid groups (broad SMARTS) is 1. The van der Waals surface area contributed by atoms with E-state index in [2.05, 4.69) is 30.7 Å². The molecule has 5 rings (SSSR count). The average molecular weight is 491 g/mol. The van der Waals surface area contributed by atoms with Gasteiger partial charge >= 0.3 is 12.1 Å². The fraction of sp³-hybridized carbons (Fsp3) is 0.400. The molecule has 184 valence electrons. The van der Waals surface area contributed by atoms with Crippen molar-refractivity contribution in [3.8, 4) is 6.07 Å². The molecule has 2 fully saturated rings. The number of fused-ring (bicyclic) bond motifs is 3. The second kappa shape index (κ2) is 9.22. The van der Waals surface area contributed by atoms with Crippen LogP contribution in [0.15, 0.2) is 24.5 Å². The molecule has 15 heteroatoms. The number of hydrogen-bond acceptors (Lipinski definition) is 8. The Labute approximate surface area is 195 Å². The number of nitriles is 1. The molecule has 2 unspecified atom stereocenters. The molecule has 5 heterocycles. The smallest absolute Gasteiger partial charge is 0.475 e. The highest BCUT2D eigenvalue weighted by atomic mass is 19.4. The van der Waals surface area contributed by atoms with E-state index in [1.54, 1.807) is 36.1 Å². The van der Waals surface area contributed by atoms with Gasteiger partial charge in [-0.05, 0) is 31.0 Å². The summed E-state index contributed by atoms with van der Waals surface area (Å²) in [6.07, 6.45) is -0.602. The largest absolute Gasteiger partial charge is 0.490 e. The van der Waals surface area contributed by atoms with Crippen molar-refractivity contribution >= 4 is 29.0 Å². The van der Waals surface area contributed by atoms with Crippen LogP contribution in [0.25, 0.3) is 5.52 Å². The Morgan fingerprint density at radius 1 is 1.29 bits per heavy atom. The van der Waals surface area contributed by atoms with Crippen LogP contribution < -0.4 is 15.5 Å². The van der Waals surface area contributed by atoms with E-state index in [4.69, 9.17) is 15.2 Å². The van der Waals surface area contributed by atoms with E-state index in [9.17, 15) is 18.0 Å². The van der Waals surface area contributed by atoms with E-state index in [0.29, 0.717) is 29.3 Å². The number of carbonyl (C=O) groups is 2. The maximum Gasteiger partial charge on any atom is 0.490 e. The second-order valence-corrected chi connectivity index (χ2v) is 8.11. The Balaban J connectivity index is 0.000000364. The van der Waals surface area contributed by atoms with Gasteiger partial charge in [0.1, 0.15) is 11.8 Å². The Hall–Kier alpha value is -4.19. The lowest BCUT2D eigenvalue weighted by molar-refractivity contribution is -0.192. The molecule has 0 aromatic carbocycles. The Morgan fingerprint density at radius 2 is 2.03 bits per heavy atom. The van der Waals surface area contributed by atoms with Crippen molar-refractivity contribution in [1.29, 1.82) is 5.26 Å². The van der Waals surface area contributed by atoms with Crippen molar-refractivity contribution in [1.82, 2.24) is 29.7 Å². The van der Waals surface area contributed by atoms with Crippen LogP contribution in [-0.4, -0.2) is 73.2 Å². The van der Waals surface area contributed by atoms with Gasteiger partial charge in [0.25, 0.3) is 5.91 Å². The molecule has 0 saturated carbocycles. The highest BCUT2D eigenvalue weighted by Crippen LogP contribution is 2.29. The minimum absolute atomic E-state index is 0.170. The van der Waals surface area contributed by atoms with Crippen LogP contribution in [0.4, 0.5) is 24.8 Å². The molecule has 0 radical (unpaired) electrons. The number of aromatic nitrogens is 5. The zero-order valence-electron chi connectivity index (χ0n) is 18.3. The van der Waals surface area contributed by atoms with Gasteiger partial charge in [-0.15, -0.1) is 5.10 Å². The molecule has 12 nitrogen and oxygen atoms in total. The molecule has 2 aliphatic rings. The third-order valence-corrected chi connectivity index (χ3v) is 5.62. The molecule has 3 N–H and O–H groups in total. The van der Waals surface area contributed by atoms with Crippen molar-refractivity contribution in [2.45, 2.75) is 18.6 Å². The zero-order valence-corrected chi connectivity index (χ0v) is 18.3. The topological polar surface area (TPSA) is 153 Å². The van der Waals surface area contributed by atoms with Crippen LogP contribution in [0.2, 0.25) is 0 Å². The lowest BCUT2D eigenvalue weighted by Crippen LogP contribution is -2.39. The summed E-state index contributed by atoms with van der Waals surface area (Å²) in [5.41, 5.74) is 1.66. The van der Waals surface area contributed by atoms with Crippen LogP contribution in [-0.2, 0) is 11.8 Å². The summed E-state index contributed by atoms with van der Waals surface area (Å²) in [6, 6.07) is 5.87. The first kappa shape index (κ1) is 24.0. The number of halogens is 3. The molecular weight excluding hydrogens is 471 g/mol. The minimum Gasteiger partial charge on any atom is -0.475 e. The third kappa shape index (κ3) is 5.01. The van der Waals surface area contributed by atoms with Gasteiger partial charge in [0, 0.05) is 32.4 Å². The number of nitrogens with one attached hydrogen (secondary N) is 2. The number of aliphatic carboxylic acids is 1. The van der Waals surface area contributed by atoms with Crippen LogP contribution in [0, 0.1) is 17.2 Å². The number of amides is 1. The van der Waals surface area contributed by atoms with E-state index < -0.39 is 12.1 Å². The van der Waals surface area contributed by atoms with E-state index in [-0.39, 0.29) is 11.6 Å². The maximum atomic E-state index is 12.8. The predicted molar refractivity (Wildman–Crippen MR) is 115 cm³/mol. The van der Waals surface area contributed by atoms with Gasteiger partial charge in [-0.3, -0.25) is 9.48 Å². The standard InChI is InChI=1S/C18H19N9O.C2HF3O2/c1-25-10-15(14(5-19)23-25)22-17(28)16-3-2-12-8-21-18(24-27(12)16)26-9-11-4-13(26)7-20-6-11;3-2(4,5)1(6)7/h2-3,8,10-11,13,20H,4,6-7,9H2,1H3,(H,22,28);(H,6,7). The van der Waals surface area contributed by atoms with Crippen LogP contribution in [0.1, 0.15) is 22.6 Å². The lowest BCUT2D eigenvalue weighted by atomic mass is 10.0. The van der Waals surface area contributed by atoms with Gasteiger partial charge in [-0.25, -0.2) is 14.3 Å². The van der Waals surface area contributed by atoms with E-state index in [1.165, 1.54) is 4.68 Å². The van der Waals surface area contributed by atoms with E-state index in [0.717, 1.165) is 31.6 Å². The molecule has 1 amide bonds. The molecule has 2 bridgehead atoms. The first-order valence-corrected chi connectivity index (χ1v) is 10.4. The molecule has 3 aromatic rings. The fourth-order valence-corrected chi connectivity index (χ4v) is 4.10. The summed E-state index contributed by atoms with van der Waals surface area (Å²) in [5, 5.41) is 31.2. The monoisotopic (exact) mass is 491 g/mol. The van der Waals surface area contributed by atoms with Gasteiger partial charge < -0.3 is 20.6 Å². The maximum absolute atomic E-state index is 12.8. The van der Waals surface area contributed by atoms with Crippen LogP contribution in [0.5, 0.6) is 0 Å². The average Bonchev–Trinajstić information content (AvgIpc) is 3.47. The normalized spacial score (nSPS) is 19.1. The highest BCUT2D eigenvalue weighted by Gasteiger charge is 2.38. The van der Waals surface area contributed by atoms with Crippen molar-refractivity contribution in [2.24, 2.45) is 13.0 Å². The number of aryl methyl sites for hydroxylation is 1. The number of alkyl halides is 3. The quantitative estimate of drug-likeness (QED) is 0.487. The molecule has 2 atom stereocenters. The summed E-state index contributed by atoms with van der Waals surface area (Å²) in [7, 11) is 1.70. The second-order valence-electron chi connectivity index (χ2n) is 8.11. The Kier molecular flexibility index (Phi) is 6.31. The number of anilines is 2. The summed E-state index contributed by atoms with van der Waals surface area (Å²) in [4.78, 5) is 28.5. The molecule has 0 aliphatic carbocycles. The van der Waals surface area contributed by atoms with Gasteiger partial charge in [0.05, 0.1) is 17.4 Å². The molecule has 35 heavy (non-hydrogen) atoms. The van der Waals surface area contributed by atoms with E-state index in [1.807, 2.05) is 6.07 Å². The van der Waals surface area contributed by atoms with Gasteiger partial charge in [0.15, 0.2) is 5.69 Å². The van der Waals surface area contributed by atoms with Crippen molar-refractivity contribution in [3.05, 3.63) is 35.9 Å². The van der Waals surface area contributed by atoms with Crippen LogP contribution in [0.3, 0.4) is 0 Å². The SMILES string of the molecule is Cn1cc(NC(=O)c2ccc3cnc(N4CC5CNCC4C5)nn23)c(C#N)n1.O=C(O)C(F)(F)F. The third-order valence-electron chi connectivity index (χ3n) is 5.62. The molecule has 3 aromatic heterocycles. The zero-order chi connectivity index (χ0) is 25.3. The first-order chi connectivity index (χ1) is 16.6. The molecular formula is C20H20F3N9O3. The number of piperidine rings is 1. The molecule has 2 saturated heterocycles. The van der Waals surface area contributed by atoms with Crippen molar-refractivity contribution in [3.63, 3.8) is 0 Å². The first-order valence-electron chi connectivity index (χ1n) is 10.4. The van der Waals surface area contributed by atoms with Crippen molar-refractivity contribution < 1.29 is 27.9 Å². The van der Waals surface area contributed by atoms with Gasteiger partial charge in [0.2, 0.25) is 5.95 Å². The number of rotatable bonds is 3. The fourth-order valence-electron chi connectivity index (χ4n) is 4.10. The number of nitrogens with zero attached hydrogens (tertiary/aromatic N) is 7. The highest BCUT2D eigenvalue weighted by molar-refractivity contribution is 6.04. The summed E-state index contributed by atoms with van der Waals surface area (Å²) >= 11 is 0. The number of carboxylic acids is 1. The minimum atomic E-state index is -5.08. The summed E-state index contributed by atoms with van der Waals surface area (Å²) < 4.78 is 34.8. The summed E-state index contributed by atoms with van der Waals surface area (Å²) in [6.45, 7) is 2.88. The summed E-state index contributed by atoms with van der Waals surface area (Å²) in [5.74, 6) is -1.86. The number of hydrogen-bond donors (Lipinski definition) is 3. The van der Waals surface area contributed by atoms with Crippen molar-refractivity contribution in [2.75, 3.05) is 29.9 Å². The Bertz CT molecular complexity index is 1310. The van der Waals surface area contributed by atoms with Gasteiger partial charge in [-0.1, -0.05) is 0 Å². The Morgan fingerprint density at radius 3 is 2.69 bits per heavy atom. The van der Waals surface area contributed by atoms with Crippen LogP contribution >= 0.6 is 0 Å². The number of carbonyl (C=O) groups excluding carboxylic acids is 1. The van der Waals surface area contributed by atoms with E-state index >= 15 is 0 Å².